The number of fused-ring (bicyclic) bond motifs is 1. The van der Waals surface area contributed by atoms with Gasteiger partial charge in [-0.05, 0) is 0 Å². The molecular weight excluding hydrogens is 156 g/mol. The van der Waals surface area contributed by atoms with Gasteiger partial charge < -0.3 is 0 Å². The Kier molecular flexibility index (Phi) is 1.36. The van der Waals surface area contributed by atoms with Gasteiger partial charge in [0.2, 0.25) is 0 Å². The van der Waals surface area contributed by atoms with Crippen molar-refractivity contribution in [3.05, 3.63) is 28.9 Å². The highest BCUT2D eigenvalue weighted by Gasteiger charge is 2.00. The third-order valence-electron chi connectivity index (χ3n) is 1.58. The first-order chi connectivity index (χ1) is 5.79. The second-order valence-corrected chi connectivity index (χ2v) is 2.36. The van der Waals surface area contributed by atoms with E-state index in [1.54, 1.807) is 7.05 Å². The first-order valence-electron chi connectivity index (χ1n) is 3.42. The summed E-state index contributed by atoms with van der Waals surface area (Å²) < 4.78 is 1.23. The molecule has 0 atom stereocenters. The van der Waals surface area contributed by atoms with Crippen molar-refractivity contribution in [2.75, 3.05) is 0 Å². The average molecular weight is 162 g/mol. The summed E-state index contributed by atoms with van der Waals surface area (Å²) in [5.41, 5.74) is 0.663. The van der Waals surface area contributed by atoms with E-state index in [1.165, 1.54) is 23.3 Å². The van der Waals surface area contributed by atoms with Gasteiger partial charge in [-0.3, -0.25) is 9.78 Å². The van der Waals surface area contributed by atoms with E-state index in [0.717, 1.165) is 0 Å². The van der Waals surface area contributed by atoms with Gasteiger partial charge in [0.15, 0.2) is 5.52 Å². The fourth-order valence-electron chi connectivity index (χ4n) is 0.955. The van der Waals surface area contributed by atoms with Gasteiger partial charge in [0.05, 0.1) is 6.20 Å². The summed E-state index contributed by atoms with van der Waals surface area (Å²) in [6.45, 7) is 0. The van der Waals surface area contributed by atoms with Crippen LogP contribution in [0.5, 0.6) is 0 Å². The number of aryl methyl sites for hydroxylation is 1. The molecular formula is C7H6N4O. The van der Waals surface area contributed by atoms with Gasteiger partial charge in [-0.1, -0.05) is 0 Å². The summed E-state index contributed by atoms with van der Waals surface area (Å²) in [5.74, 6) is 0. The third kappa shape index (κ3) is 0.868. The number of hydrogen-bond donors (Lipinski definition) is 0. The molecule has 0 unspecified atom stereocenters. The quantitative estimate of drug-likeness (QED) is 0.534. The largest absolute Gasteiger partial charge is 0.294 e. The molecule has 12 heavy (non-hydrogen) atoms. The molecule has 0 saturated carbocycles. The van der Waals surface area contributed by atoms with Gasteiger partial charge in [0.1, 0.15) is 5.52 Å². The molecule has 0 N–H and O–H groups in total. The van der Waals surface area contributed by atoms with Crippen molar-refractivity contribution >= 4 is 11.0 Å². The topological polar surface area (TPSA) is 60.7 Å². The molecule has 0 saturated heterocycles. The summed E-state index contributed by atoms with van der Waals surface area (Å²) in [6, 6.07) is 0. The SMILES string of the molecule is Cn1ncc2nccnc2c1=O. The van der Waals surface area contributed by atoms with Crippen LogP contribution in [0.25, 0.3) is 11.0 Å². The molecule has 2 aromatic rings. The van der Waals surface area contributed by atoms with Crippen molar-refractivity contribution in [1.82, 2.24) is 19.7 Å². The van der Waals surface area contributed by atoms with Crippen molar-refractivity contribution < 1.29 is 0 Å². The fraction of sp³-hybridized carbons (Fsp3) is 0.143. The predicted molar refractivity (Wildman–Crippen MR) is 42.6 cm³/mol. The second kappa shape index (κ2) is 2.37. The molecule has 0 aromatic carbocycles. The summed E-state index contributed by atoms with van der Waals surface area (Å²) in [7, 11) is 1.58. The lowest BCUT2D eigenvalue weighted by atomic mass is 10.4. The highest BCUT2D eigenvalue weighted by atomic mass is 16.1. The molecule has 0 amide bonds. The van der Waals surface area contributed by atoms with Crippen LogP contribution >= 0.6 is 0 Å². The van der Waals surface area contributed by atoms with Crippen molar-refractivity contribution in [3.8, 4) is 0 Å². The maximum Gasteiger partial charge on any atom is 0.294 e. The Balaban J connectivity index is 3.01. The van der Waals surface area contributed by atoms with Crippen LogP contribution in [0.3, 0.4) is 0 Å². The summed E-state index contributed by atoms with van der Waals surface area (Å²) in [4.78, 5) is 19.2. The van der Waals surface area contributed by atoms with Crippen LogP contribution in [-0.4, -0.2) is 19.7 Å². The molecule has 5 nitrogen and oxygen atoms in total. The predicted octanol–water partition coefficient (Wildman–Crippen LogP) is -0.277. The zero-order valence-electron chi connectivity index (χ0n) is 6.43. The fourth-order valence-corrected chi connectivity index (χ4v) is 0.955. The Morgan fingerprint density at radius 1 is 1.33 bits per heavy atom. The van der Waals surface area contributed by atoms with E-state index >= 15 is 0 Å². The lowest BCUT2D eigenvalue weighted by molar-refractivity contribution is 0.714. The Bertz CT molecular complexity index is 476. The zero-order valence-corrected chi connectivity index (χ0v) is 6.43. The van der Waals surface area contributed by atoms with Gasteiger partial charge in [0, 0.05) is 19.4 Å². The summed E-state index contributed by atoms with van der Waals surface area (Å²) in [6.07, 6.45) is 4.54. The van der Waals surface area contributed by atoms with Gasteiger partial charge >= 0.3 is 0 Å². The van der Waals surface area contributed by atoms with E-state index < -0.39 is 0 Å². The van der Waals surface area contributed by atoms with Crippen LogP contribution in [0, 0.1) is 0 Å². The van der Waals surface area contributed by atoms with E-state index in [4.69, 9.17) is 0 Å². The Labute approximate surface area is 67.7 Å². The van der Waals surface area contributed by atoms with Crippen molar-refractivity contribution in [2.45, 2.75) is 0 Å². The molecule has 2 aromatic heterocycles. The Morgan fingerprint density at radius 2 is 2.08 bits per heavy atom. The molecule has 0 aliphatic rings. The zero-order chi connectivity index (χ0) is 8.55. The molecule has 0 aliphatic heterocycles. The lowest BCUT2D eigenvalue weighted by Crippen LogP contribution is -2.20. The van der Waals surface area contributed by atoms with Crippen LogP contribution in [0.15, 0.2) is 23.4 Å². The van der Waals surface area contributed by atoms with E-state index in [0.29, 0.717) is 11.0 Å². The van der Waals surface area contributed by atoms with Crippen molar-refractivity contribution in [3.63, 3.8) is 0 Å². The standard InChI is InChI=1S/C7H6N4O/c1-11-7(12)6-5(4-10-11)8-2-3-9-6/h2-4H,1H3. The van der Waals surface area contributed by atoms with E-state index in [2.05, 4.69) is 15.1 Å². The van der Waals surface area contributed by atoms with Crippen LogP contribution in [0.2, 0.25) is 0 Å². The number of aromatic nitrogens is 4. The second-order valence-electron chi connectivity index (χ2n) is 2.36. The monoisotopic (exact) mass is 162 g/mol. The minimum absolute atomic E-state index is 0.222. The number of nitrogens with zero attached hydrogens (tertiary/aromatic N) is 4. The molecule has 2 rings (SSSR count). The summed E-state index contributed by atoms with van der Waals surface area (Å²) >= 11 is 0. The minimum atomic E-state index is -0.222. The van der Waals surface area contributed by atoms with Gasteiger partial charge in [-0.2, -0.15) is 5.10 Å². The van der Waals surface area contributed by atoms with E-state index in [1.807, 2.05) is 0 Å². The Morgan fingerprint density at radius 3 is 2.92 bits per heavy atom. The van der Waals surface area contributed by atoms with Crippen molar-refractivity contribution in [2.24, 2.45) is 7.05 Å². The third-order valence-corrected chi connectivity index (χ3v) is 1.58. The Hall–Kier alpha value is -1.78. The molecule has 2 heterocycles. The first kappa shape index (κ1) is 6.90. The average Bonchev–Trinajstić information content (AvgIpc) is 2.12. The summed E-state index contributed by atoms with van der Waals surface area (Å²) in [5, 5.41) is 3.81. The van der Waals surface area contributed by atoms with Crippen LogP contribution in [0.1, 0.15) is 0 Å². The maximum atomic E-state index is 11.3. The van der Waals surface area contributed by atoms with E-state index in [-0.39, 0.29) is 5.56 Å². The van der Waals surface area contributed by atoms with Gasteiger partial charge in [0.25, 0.3) is 5.56 Å². The molecule has 60 valence electrons. The molecule has 5 heteroatoms. The van der Waals surface area contributed by atoms with Gasteiger partial charge in [-0.15, -0.1) is 0 Å². The molecule has 0 radical (unpaired) electrons. The molecule has 0 aliphatic carbocycles. The lowest BCUT2D eigenvalue weighted by Gasteiger charge is -1.96. The minimum Gasteiger partial charge on any atom is -0.265 e. The van der Waals surface area contributed by atoms with Crippen molar-refractivity contribution in [1.29, 1.82) is 0 Å². The van der Waals surface area contributed by atoms with Crippen LogP contribution < -0.4 is 5.56 Å². The number of rotatable bonds is 0. The molecule has 0 bridgehead atoms. The van der Waals surface area contributed by atoms with Gasteiger partial charge in [-0.25, -0.2) is 9.67 Å². The van der Waals surface area contributed by atoms with Crippen LogP contribution in [0.4, 0.5) is 0 Å². The number of hydrogen-bond acceptors (Lipinski definition) is 4. The highest BCUT2D eigenvalue weighted by molar-refractivity contribution is 5.70. The first-order valence-corrected chi connectivity index (χ1v) is 3.42. The smallest absolute Gasteiger partial charge is 0.265 e. The maximum absolute atomic E-state index is 11.3. The van der Waals surface area contributed by atoms with Crippen LogP contribution in [-0.2, 0) is 7.05 Å². The normalized spacial score (nSPS) is 10.4. The highest BCUT2D eigenvalue weighted by Crippen LogP contribution is 1.97. The molecule has 0 spiro atoms. The molecule has 0 fully saturated rings. The van der Waals surface area contributed by atoms with E-state index in [9.17, 15) is 4.79 Å².